The molecule has 2 aliphatic heterocycles. The molecule has 2 aliphatic rings. The van der Waals surface area contributed by atoms with Gasteiger partial charge in [0.1, 0.15) is 11.8 Å². The van der Waals surface area contributed by atoms with Crippen LogP contribution in [0.25, 0.3) is 6.08 Å². The maximum absolute atomic E-state index is 14.6. The monoisotopic (exact) mass is 602 g/mol. The van der Waals surface area contributed by atoms with E-state index in [1.165, 1.54) is 21.3 Å². The predicted molar refractivity (Wildman–Crippen MR) is 153 cm³/mol. The van der Waals surface area contributed by atoms with Gasteiger partial charge in [0.15, 0.2) is 22.7 Å². The molecule has 0 amide bonds. The number of ether oxygens (including phenoxy) is 4. The minimum Gasteiger partial charge on any atom is -0.496 e. The van der Waals surface area contributed by atoms with Crippen LogP contribution in [0, 0.1) is 16.7 Å². The Morgan fingerprint density at radius 1 is 0.925 bits per heavy atom. The van der Waals surface area contributed by atoms with Crippen LogP contribution in [0.3, 0.4) is 0 Å². The lowest BCUT2D eigenvalue weighted by Gasteiger charge is -2.36. The Morgan fingerprint density at radius 3 is 2.27 bits per heavy atom. The summed E-state index contributed by atoms with van der Waals surface area (Å²) in [6.07, 6.45) is 3.70. The van der Waals surface area contributed by atoms with E-state index in [0.717, 1.165) is 11.3 Å². The molecule has 0 saturated carbocycles. The van der Waals surface area contributed by atoms with Gasteiger partial charge in [-0.25, -0.2) is 0 Å². The molecular weight excluding hydrogens is 576 g/mol. The van der Waals surface area contributed by atoms with Crippen molar-refractivity contribution < 1.29 is 28.5 Å². The second-order valence-corrected chi connectivity index (χ2v) is 10.3. The average molecular weight is 603 g/mol. The van der Waals surface area contributed by atoms with Crippen molar-refractivity contribution in [2.24, 2.45) is 5.41 Å². The van der Waals surface area contributed by atoms with Crippen LogP contribution in [-0.2, 0) is 9.53 Å². The molecule has 204 valence electrons. The predicted octanol–water partition coefficient (Wildman–Crippen LogP) is 5.41. The molecule has 9 heteroatoms. The summed E-state index contributed by atoms with van der Waals surface area (Å²) in [6.45, 7) is 0. The molecule has 3 aromatic carbocycles. The number of methoxy groups -OCH3 is 4. The highest BCUT2D eigenvalue weighted by Gasteiger charge is 2.67. The molecule has 1 fully saturated rings. The Balaban J connectivity index is 1.81. The molecule has 8 nitrogen and oxygen atoms in total. The van der Waals surface area contributed by atoms with E-state index in [-0.39, 0.29) is 5.78 Å². The molecule has 5 rings (SSSR count). The summed E-state index contributed by atoms with van der Waals surface area (Å²) in [5.41, 5.74) is 0.815. The third-order valence-corrected chi connectivity index (χ3v) is 8.34. The van der Waals surface area contributed by atoms with Gasteiger partial charge in [-0.3, -0.25) is 9.59 Å². The summed E-state index contributed by atoms with van der Waals surface area (Å²) in [5, 5.41) is 10.8. The van der Waals surface area contributed by atoms with Crippen LogP contribution in [0.5, 0.6) is 17.2 Å². The molecule has 1 saturated heterocycles. The van der Waals surface area contributed by atoms with Crippen molar-refractivity contribution in [1.29, 1.82) is 5.26 Å². The molecule has 0 aliphatic carbocycles. The Hall–Kier alpha value is -4.29. The highest BCUT2D eigenvalue weighted by Crippen LogP contribution is 2.57. The number of nitriles is 1. The lowest BCUT2D eigenvalue weighted by Crippen LogP contribution is -2.46. The second kappa shape index (κ2) is 10.7. The van der Waals surface area contributed by atoms with Gasteiger partial charge in [0.25, 0.3) is 0 Å². The van der Waals surface area contributed by atoms with Crippen molar-refractivity contribution in [1.82, 2.24) is 0 Å². The van der Waals surface area contributed by atoms with Gasteiger partial charge in [0.2, 0.25) is 0 Å². The normalized spacial score (nSPS) is 22.5. The van der Waals surface area contributed by atoms with E-state index in [9.17, 15) is 14.9 Å². The van der Waals surface area contributed by atoms with Gasteiger partial charge >= 0.3 is 5.97 Å². The molecule has 0 radical (unpaired) electrons. The Kier molecular flexibility index (Phi) is 7.30. The molecule has 4 atom stereocenters. The van der Waals surface area contributed by atoms with Crippen molar-refractivity contribution in [3.63, 3.8) is 0 Å². The first-order valence-corrected chi connectivity index (χ1v) is 13.3. The molecule has 0 N–H and O–H groups in total. The van der Waals surface area contributed by atoms with E-state index in [1.54, 1.807) is 43.5 Å². The van der Waals surface area contributed by atoms with Crippen molar-refractivity contribution >= 4 is 39.4 Å². The van der Waals surface area contributed by atoms with Crippen molar-refractivity contribution in [2.45, 2.75) is 18.0 Å². The van der Waals surface area contributed by atoms with E-state index in [0.29, 0.717) is 32.8 Å². The lowest BCUT2D eigenvalue weighted by molar-refractivity contribution is -0.150. The molecule has 0 bridgehead atoms. The Morgan fingerprint density at radius 2 is 1.62 bits per heavy atom. The highest BCUT2D eigenvalue weighted by molar-refractivity contribution is 9.10. The largest absolute Gasteiger partial charge is 0.496 e. The average Bonchev–Trinajstić information content (AvgIpc) is 3.31. The van der Waals surface area contributed by atoms with Crippen LogP contribution in [0.4, 0.5) is 5.69 Å². The molecule has 3 aromatic rings. The number of anilines is 1. The number of nitrogens with zero attached hydrogens (tertiary/aromatic N) is 2. The van der Waals surface area contributed by atoms with Gasteiger partial charge in [0, 0.05) is 17.2 Å². The number of hydrogen-bond donors (Lipinski definition) is 0. The van der Waals surface area contributed by atoms with Gasteiger partial charge in [-0.05, 0) is 63.5 Å². The van der Waals surface area contributed by atoms with Crippen LogP contribution >= 0.6 is 15.9 Å². The summed E-state index contributed by atoms with van der Waals surface area (Å²) >= 11 is 3.49. The maximum Gasteiger partial charge on any atom is 0.329 e. The minimum absolute atomic E-state index is 0.265. The zero-order valence-corrected chi connectivity index (χ0v) is 24.0. The van der Waals surface area contributed by atoms with Gasteiger partial charge in [-0.15, -0.1) is 0 Å². The van der Waals surface area contributed by atoms with Crippen LogP contribution in [0.15, 0.2) is 71.2 Å². The first kappa shape index (κ1) is 27.3. The summed E-state index contributed by atoms with van der Waals surface area (Å²) in [6, 6.07) is 18.5. The molecule has 0 spiro atoms. The number of rotatable bonds is 7. The number of carbonyl (C=O) groups excluding carboxylic acids is 2. The number of para-hydroxylation sites is 1. The van der Waals surface area contributed by atoms with Crippen molar-refractivity contribution in [3.8, 4) is 23.3 Å². The van der Waals surface area contributed by atoms with Gasteiger partial charge in [-0.1, -0.05) is 36.4 Å². The number of Topliss-reactive ketones (excluding diaryl/α,β-unsaturated/α-hetero) is 1. The molecule has 0 unspecified atom stereocenters. The van der Waals surface area contributed by atoms with Crippen molar-refractivity contribution in [2.75, 3.05) is 33.3 Å². The van der Waals surface area contributed by atoms with E-state index in [2.05, 4.69) is 22.0 Å². The first-order valence-electron chi connectivity index (χ1n) is 12.5. The molecule has 2 heterocycles. The Bertz CT molecular complexity index is 1560. The fourth-order valence-electron chi connectivity index (χ4n) is 5.95. The first-order chi connectivity index (χ1) is 19.4. The fraction of sp³-hybridized carbons (Fsp3) is 0.258. The van der Waals surface area contributed by atoms with Crippen LogP contribution in [-0.4, -0.2) is 52.3 Å². The van der Waals surface area contributed by atoms with Crippen LogP contribution < -0.4 is 19.1 Å². The number of hydrogen-bond acceptors (Lipinski definition) is 8. The third-order valence-electron chi connectivity index (χ3n) is 7.73. The molecular formula is C31H27BrN2O6. The van der Waals surface area contributed by atoms with Gasteiger partial charge in [-0.2, -0.15) is 5.26 Å². The van der Waals surface area contributed by atoms with E-state index in [1.807, 2.05) is 41.3 Å². The van der Waals surface area contributed by atoms with Crippen LogP contribution in [0.2, 0.25) is 0 Å². The summed E-state index contributed by atoms with van der Waals surface area (Å²) in [7, 11) is 5.84. The van der Waals surface area contributed by atoms with Crippen LogP contribution in [0.1, 0.15) is 27.4 Å². The SMILES string of the molecule is COC(=O)[C@]1(C#N)[C@H](c2ccc(OC)c(OC)c2)[C@@H](C(=O)c2ccc(OC)c(Br)c2)N2c3ccccc3C=C[C@H]21. The number of benzene rings is 3. The number of fused-ring (bicyclic) bond motifs is 3. The number of esters is 1. The standard InChI is InChI=1S/C31H27BrN2O6/c1-37-23-12-10-20(15-21(23)32)29(35)28-27(19-9-13-24(38-2)25(16-19)39-3)31(17-33,30(36)40-4)26-14-11-18-7-5-6-8-22(18)34(26)28/h5-16,26-28H,1-4H3/t26-,27+,28-,31-/m0/s1. The minimum atomic E-state index is -1.76. The second-order valence-electron chi connectivity index (χ2n) is 9.49. The zero-order chi connectivity index (χ0) is 28.6. The summed E-state index contributed by atoms with van der Waals surface area (Å²) in [5.74, 6) is -0.451. The fourth-order valence-corrected chi connectivity index (χ4v) is 6.49. The third kappa shape index (κ3) is 4.02. The lowest BCUT2D eigenvalue weighted by atomic mass is 9.68. The van der Waals surface area contributed by atoms with Gasteiger partial charge < -0.3 is 23.8 Å². The van der Waals surface area contributed by atoms with Gasteiger partial charge in [0.05, 0.1) is 45.0 Å². The van der Waals surface area contributed by atoms with E-state index >= 15 is 0 Å². The smallest absolute Gasteiger partial charge is 0.329 e. The van der Waals surface area contributed by atoms with Crippen molar-refractivity contribution in [3.05, 3.63) is 87.9 Å². The zero-order valence-electron chi connectivity index (χ0n) is 22.4. The quantitative estimate of drug-likeness (QED) is 0.261. The molecule has 40 heavy (non-hydrogen) atoms. The highest BCUT2D eigenvalue weighted by atomic mass is 79.9. The maximum atomic E-state index is 14.6. The number of ketones is 1. The summed E-state index contributed by atoms with van der Waals surface area (Å²) < 4.78 is 22.3. The topological polar surface area (TPSA) is 98.1 Å². The Labute approximate surface area is 240 Å². The number of carbonyl (C=O) groups is 2. The van der Waals surface area contributed by atoms with E-state index < -0.39 is 29.4 Å². The molecule has 0 aromatic heterocycles. The number of halogens is 1. The summed E-state index contributed by atoms with van der Waals surface area (Å²) in [4.78, 5) is 30.2. The van der Waals surface area contributed by atoms with E-state index in [4.69, 9.17) is 18.9 Å².